The van der Waals surface area contributed by atoms with Gasteiger partial charge >= 0.3 is 6.09 Å². The maximum absolute atomic E-state index is 14.6. The number of benzene rings is 1. The molecule has 1 fully saturated rings. The summed E-state index contributed by atoms with van der Waals surface area (Å²) in [5.41, 5.74) is -1.85. The Morgan fingerprint density at radius 3 is 2.63 bits per heavy atom. The quantitative estimate of drug-likeness (QED) is 0.467. The van der Waals surface area contributed by atoms with Crippen LogP contribution < -0.4 is 4.90 Å². The van der Waals surface area contributed by atoms with Crippen LogP contribution in [0, 0.1) is 28.4 Å². The molecule has 3 rings (SSSR count). The number of rotatable bonds is 2. The molecule has 0 spiro atoms. The molecule has 11 heteroatoms. The van der Waals surface area contributed by atoms with Crippen molar-refractivity contribution in [1.29, 1.82) is 5.26 Å². The third-order valence-electron chi connectivity index (χ3n) is 5.64. The average Bonchev–Trinajstić information content (AvgIpc) is 2.65. The lowest BCUT2D eigenvalue weighted by Gasteiger charge is -2.55. The minimum Gasteiger partial charge on any atom is -0.465 e. The summed E-state index contributed by atoms with van der Waals surface area (Å²) in [5.74, 6) is -1.54. The molecular weight excluding hydrogens is 484 g/mol. The second-order valence-corrected chi connectivity index (χ2v) is 9.30. The first-order chi connectivity index (χ1) is 13.9. The highest BCUT2D eigenvalue weighted by Crippen LogP contribution is 2.43. The average molecular weight is 503 g/mol. The van der Waals surface area contributed by atoms with Crippen molar-refractivity contribution in [2.24, 2.45) is 5.41 Å². The smallest absolute Gasteiger partial charge is 0.407 e. The summed E-state index contributed by atoms with van der Waals surface area (Å²) in [6, 6.07) is 3.21. The molecule has 0 unspecified atom stereocenters. The molecule has 1 N–H and O–H groups in total. The van der Waals surface area contributed by atoms with E-state index >= 15 is 0 Å². The number of nitrogens with zero attached hydrogens (tertiary/aromatic N) is 5. The fourth-order valence-corrected chi connectivity index (χ4v) is 4.40. The Morgan fingerprint density at radius 2 is 2.07 bits per heavy atom. The zero-order valence-electron chi connectivity index (χ0n) is 16.5. The Balaban J connectivity index is 2.21. The number of piperazine rings is 1. The molecular formula is C19H19BrClF2N5O2. The van der Waals surface area contributed by atoms with Crippen molar-refractivity contribution in [3.8, 4) is 6.07 Å². The number of aromatic nitrogens is 2. The molecule has 30 heavy (non-hydrogen) atoms. The zero-order chi connectivity index (χ0) is 22.4. The van der Waals surface area contributed by atoms with Gasteiger partial charge in [0.15, 0.2) is 5.82 Å². The van der Waals surface area contributed by atoms with Gasteiger partial charge in [0.1, 0.15) is 17.2 Å². The van der Waals surface area contributed by atoms with Crippen LogP contribution in [0.5, 0.6) is 0 Å². The minimum atomic E-state index is -1.13. The van der Waals surface area contributed by atoms with Gasteiger partial charge in [-0.25, -0.2) is 18.6 Å². The minimum absolute atomic E-state index is 0.0652. The number of halogens is 4. The fraction of sp³-hybridized carbons (Fsp3) is 0.474. The molecule has 1 saturated heterocycles. The maximum atomic E-state index is 14.6. The molecule has 1 aromatic carbocycles. The monoisotopic (exact) mass is 501 g/mol. The van der Waals surface area contributed by atoms with Crippen LogP contribution in [-0.2, 0) is 0 Å². The van der Waals surface area contributed by atoms with E-state index < -0.39 is 28.7 Å². The van der Waals surface area contributed by atoms with Gasteiger partial charge in [0.05, 0.1) is 22.5 Å². The summed E-state index contributed by atoms with van der Waals surface area (Å²) in [6.07, 6.45) is -1.20. The molecule has 2 aromatic rings. The van der Waals surface area contributed by atoms with Gasteiger partial charge in [-0.2, -0.15) is 10.2 Å². The summed E-state index contributed by atoms with van der Waals surface area (Å²) >= 11 is 8.89. The number of nitriles is 1. The van der Waals surface area contributed by atoms with Crippen LogP contribution in [-0.4, -0.2) is 51.2 Å². The number of fused-ring (bicyclic) bond motifs is 1. The van der Waals surface area contributed by atoms with Crippen LogP contribution in [0.3, 0.4) is 0 Å². The van der Waals surface area contributed by atoms with Crippen molar-refractivity contribution < 1.29 is 18.7 Å². The Morgan fingerprint density at radius 1 is 1.40 bits per heavy atom. The highest BCUT2D eigenvalue weighted by molar-refractivity contribution is 9.10. The van der Waals surface area contributed by atoms with Gasteiger partial charge in [-0.05, 0) is 39.0 Å². The third kappa shape index (κ3) is 3.54. The normalized spacial score (nSPS) is 19.8. The van der Waals surface area contributed by atoms with Crippen LogP contribution in [0.1, 0.15) is 27.2 Å². The molecule has 7 nitrogen and oxygen atoms in total. The van der Waals surface area contributed by atoms with Gasteiger partial charge in [0.2, 0.25) is 5.28 Å². The maximum Gasteiger partial charge on any atom is 0.407 e. The van der Waals surface area contributed by atoms with Crippen molar-refractivity contribution in [1.82, 2.24) is 14.9 Å². The van der Waals surface area contributed by atoms with E-state index in [1.807, 2.05) is 20.8 Å². The van der Waals surface area contributed by atoms with E-state index in [9.17, 15) is 23.9 Å². The second-order valence-electron chi connectivity index (χ2n) is 8.17. The van der Waals surface area contributed by atoms with Crippen molar-refractivity contribution in [2.75, 3.05) is 24.5 Å². The summed E-state index contributed by atoms with van der Waals surface area (Å²) < 4.78 is 28.5. The SMILES string of the molecule is CC(C)(C)[C@@]1(CC#N)CN(c2nc(Cl)nc3c(F)c(Br)c(F)cc23)CCN1C(=O)O. The van der Waals surface area contributed by atoms with Gasteiger partial charge in [0.25, 0.3) is 0 Å². The molecule has 2 heterocycles. The fourth-order valence-electron chi connectivity index (χ4n) is 3.93. The topological polar surface area (TPSA) is 93.4 Å². The first kappa shape index (κ1) is 22.4. The Kier molecular flexibility index (Phi) is 5.82. The van der Waals surface area contributed by atoms with Crippen molar-refractivity contribution in [3.63, 3.8) is 0 Å². The Labute approximate surface area is 185 Å². The van der Waals surface area contributed by atoms with Crippen molar-refractivity contribution in [3.05, 3.63) is 27.5 Å². The number of hydrogen-bond donors (Lipinski definition) is 1. The van der Waals surface area contributed by atoms with Gasteiger partial charge in [-0.1, -0.05) is 20.8 Å². The first-order valence-corrected chi connectivity index (χ1v) is 10.2. The molecule has 1 amide bonds. The molecule has 1 atom stereocenters. The largest absolute Gasteiger partial charge is 0.465 e. The zero-order valence-corrected chi connectivity index (χ0v) is 18.9. The molecule has 0 aliphatic carbocycles. The first-order valence-electron chi connectivity index (χ1n) is 9.06. The molecule has 1 aliphatic rings. The molecule has 0 bridgehead atoms. The highest BCUT2D eigenvalue weighted by atomic mass is 79.9. The van der Waals surface area contributed by atoms with Crippen molar-refractivity contribution >= 4 is 50.3 Å². The van der Waals surface area contributed by atoms with E-state index in [4.69, 9.17) is 11.6 Å². The van der Waals surface area contributed by atoms with Gasteiger partial charge in [0, 0.05) is 25.0 Å². The van der Waals surface area contributed by atoms with E-state index in [-0.39, 0.29) is 52.5 Å². The Hall–Kier alpha value is -2.25. The summed E-state index contributed by atoms with van der Waals surface area (Å²) in [7, 11) is 0. The summed E-state index contributed by atoms with van der Waals surface area (Å²) in [5, 5.41) is 19.2. The number of hydrogen-bond acceptors (Lipinski definition) is 5. The second kappa shape index (κ2) is 7.78. The number of amides is 1. The van der Waals surface area contributed by atoms with Crippen LogP contribution >= 0.6 is 27.5 Å². The third-order valence-corrected chi connectivity index (χ3v) is 6.54. The van der Waals surface area contributed by atoms with E-state index in [2.05, 4.69) is 32.0 Å². The highest BCUT2D eigenvalue weighted by Gasteiger charge is 2.52. The molecule has 160 valence electrons. The van der Waals surface area contributed by atoms with Crippen LogP contribution in [0.4, 0.5) is 19.4 Å². The summed E-state index contributed by atoms with van der Waals surface area (Å²) in [4.78, 5) is 23.1. The number of anilines is 1. The van der Waals surface area contributed by atoms with Crippen LogP contribution in [0.15, 0.2) is 10.5 Å². The van der Waals surface area contributed by atoms with Crippen molar-refractivity contribution in [2.45, 2.75) is 32.7 Å². The lowest BCUT2D eigenvalue weighted by Crippen LogP contribution is -2.69. The molecule has 0 radical (unpaired) electrons. The van der Waals surface area contributed by atoms with E-state index in [0.717, 1.165) is 6.07 Å². The molecule has 0 saturated carbocycles. The number of carboxylic acid groups (broad SMARTS) is 1. The number of carbonyl (C=O) groups is 1. The van der Waals surface area contributed by atoms with Gasteiger partial charge < -0.3 is 10.0 Å². The lowest BCUT2D eigenvalue weighted by atomic mass is 9.69. The molecule has 1 aliphatic heterocycles. The predicted molar refractivity (Wildman–Crippen MR) is 112 cm³/mol. The molecule has 1 aromatic heterocycles. The van der Waals surface area contributed by atoms with E-state index in [1.54, 1.807) is 4.90 Å². The predicted octanol–water partition coefficient (Wildman–Crippen LogP) is 4.82. The van der Waals surface area contributed by atoms with Crippen LogP contribution in [0.2, 0.25) is 5.28 Å². The summed E-state index contributed by atoms with van der Waals surface area (Å²) in [6.45, 7) is 5.94. The standard InChI is InChI=1S/C19H19BrClF2N5O2/c1-18(2,3)19(4-5-24)9-27(6-7-28(19)17(29)30)15-10-8-11(22)12(20)13(23)14(10)25-16(21)26-15/h8H,4,6-7,9H2,1-3H3,(H,29,30)/t19-/m1/s1. The Bertz CT molecular complexity index is 1070. The van der Waals surface area contributed by atoms with Gasteiger partial charge in [-0.3, -0.25) is 4.90 Å². The van der Waals surface area contributed by atoms with Gasteiger partial charge in [-0.15, -0.1) is 0 Å². The van der Waals surface area contributed by atoms with E-state index in [0.29, 0.717) is 0 Å². The lowest BCUT2D eigenvalue weighted by molar-refractivity contribution is -0.00275. The van der Waals surface area contributed by atoms with Crippen LogP contribution in [0.25, 0.3) is 10.9 Å². The van der Waals surface area contributed by atoms with E-state index in [1.165, 1.54) is 4.90 Å².